The summed E-state index contributed by atoms with van der Waals surface area (Å²) < 4.78 is 2.27. The summed E-state index contributed by atoms with van der Waals surface area (Å²) in [5.74, 6) is 1.07. The van der Waals surface area contributed by atoms with Gasteiger partial charge in [0.1, 0.15) is 5.82 Å². The highest BCUT2D eigenvalue weighted by molar-refractivity contribution is 6.33. The van der Waals surface area contributed by atoms with Crippen LogP contribution >= 0.6 is 11.6 Å². The van der Waals surface area contributed by atoms with Gasteiger partial charge in [0.2, 0.25) is 5.91 Å². The molecule has 146 valence electrons. The van der Waals surface area contributed by atoms with Crippen LogP contribution in [0.1, 0.15) is 25.6 Å². The molecule has 0 unspecified atom stereocenters. The first-order valence-electron chi connectivity index (χ1n) is 9.87. The lowest BCUT2D eigenvalue weighted by molar-refractivity contribution is -0.121. The van der Waals surface area contributed by atoms with Crippen molar-refractivity contribution < 1.29 is 4.79 Å². The molecule has 2 aromatic carbocycles. The molecule has 1 N–H and O–H groups in total. The molecule has 5 nitrogen and oxygen atoms in total. The summed E-state index contributed by atoms with van der Waals surface area (Å²) in [5.41, 5.74) is 2.88. The summed E-state index contributed by atoms with van der Waals surface area (Å²) >= 11 is 6.18. The Morgan fingerprint density at radius 1 is 1.21 bits per heavy atom. The minimum atomic E-state index is -0.0375. The molecule has 1 fully saturated rings. The number of carbonyl (C=O) groups is 1. The molecule has 1 aliphatic heterocycles. The van der Waals surface area contributed by atoms with Crippen LogP contribution in [0.5, 0.6) is 0 Å². The fourth-order valence-electron chi connectivity index (χ4n) is 4.01. The third-order valence-electron chi connectivity index (χ3n) is 5.42. The molecule has 6 heteroatoms. The van der Waals surface area contributed by atoms with Gasteiger partial charge in [-0.25, -0.2) is 4.98 Å². The van der Waals surface area contributed by atoms with E-state index in [1.165, 1.54) is 5.52 Å². The zero-order chi connectivity index (χ0) is 19.5. The predicted molar refractivity (Wildman–Crippen MR) is 113 cm³/mol. The van der Waals surface area contributed by atoms with Gasteiger partial charge in [-0.15, -0.1) is 0 Å². The van der Waals surface area contributed by atoms with Crippen LogP contribution in [0.2, 0.25) is 5.02 Å². The van der Waals surface area contributed by atoms with Crippen LogP contribution in [-0.4, -0.2) is 33.4 Å². The number of aromatic nitrogens is 2. The van der Waals surface area contributed by atoms with Crippen LogP contribution in [-0.2, 0) is 17.9 Å². The van der Waals surface area contributed by atoms with Gasteiger partial charge in [-0.05, 0) is 50.6 Å². The summed E-state index contributed by atoms with van der Waals surface area (Å²) in [7, 11) is 0. The first kappa shape index (κ1) is 19.0. The minimum absolute atomic E-state index is 0.0375. The summed E-state index contributed by atoms with van der Waals surface area (Å²) in [4.78, 5) is 19.9. The van der Waals surface area contributed by atoms with Crippen LogP contribution in [0.15, 0.2) is 48.5 Å². The fraction of sp³-hybridized carbons (Fsp3) is 0.364. The molecule has 0 aliphatic carbocycles. The smallest absolute Gasteiger partial charge is 0.228 e. The van der Waals surface area contributed by atoms with Crippen molar-refractivity contribution in [1.82, 2.24) is 14.5 Å². The van der Waals surface area contributed by atoms with Crippen molar-refractivity contribution in [2.75, 3.05) is 18.4 Å². The molecule has 4 rings (SSSR count). The molecule has 0 radical (unpaired) electrons. The monoisotopic (exact) mass is 396 g/mol. The van der Waals surface area contributed by atoms with E-state index in [4.69, 9.17) is 16.6 Å². The number of anilines is 1. The van der Waals surface area contributed by atoms with Crippen molar-refractivity contribution >= 4 is 34.2 Å². The normalized spacial score (nSPS) is 17.7. The first-order valence-corrected chi connectivity index (χ1v) is 10.3. The van der Waals surface area contributed by atoms with E-state index in [1.807, 2.05) is 24.3 Å². The van der Waals surface area contributed by atoms with Gasteiger partial charge in [-0.2, -0.15) is 0 Å². The number of hydrogen-bond acceptors (Lipinski definition) is 3. The van der Waals surface area contributed by atoms with E-state index >= 15 is 0 Å². The maximum absolute atomic E-state index is 12.8. The van der Waals surface area contributed by atoms with Crippen molar-refractivity contribution in [1.29, 1.82) is 0 Å². The number of nitrogens with zero attached hydrogens (tertiary/aromatic N) is 3. The van der Waals surface area contributed by atoms with Gasteiger partial charge in [0.25, 0.3) is 0 Å². The topological polar surface area (TPSA) is 50.2 Å². The van der Waals surface area contributed by atoms with Crippen LogP contribution in [0.4, 0.5) is 5.69 Å². The van der Waals surface area contributed by atoms with Gasteiger partial charge >= 0.3 is 0 Å². The number of aryl methyl sites for hydroxylation is 1. The number of amides is 1. The number of nitrogens with one attached hydrogen (secondary N) is 1. The number of para-hydroxylation sites is 3. The molecule has 1 amide bonds. The van der Waals surface area contributed by atoms with Crippen molar-refractivity contribution in [2.24, 2.45) is 5.92 Å². The number of carbonyl (C=O) groups excluding carboxylic acids is 1. The Kier molecular flexibility index (Phi) is 5.64. The zero-order valence-corrected chi connectivity index (χ0v) is 16.8. The molecule has 1 atom stereocenters. The number of fused-ring (bicyclic) bond motifs is 1. The molecule has 0 bridgehead atoms. The van der Waals surface area contributed by atoms with E-state index in [0.717, 1.165) is 50.4 Å². The standard InChI is InChI=1S/C22H25ClN4O/c1-2-27-20-12-6-5-11-19(20)24-21(27)15-26-13-7-8-16(14-26)22(28)25-18-10-4-3-9-17(18)23/h3-6,9-12,16H,2,7-8,13-15H2,1H3,(H,25,28)/t16-/m0/s1. The maximum atomic E-state index is 12.8. The Labute approximate surface area is 170 Å². The lowest BCUT2D eigenvalue weighted by atomic mass is 9.97. The van der Waals surface area contributed by atoms with E-state index < -0.39 is 0 Å². The summed E-state index contributed by atoms with van der Waals surface area (Å²) in [5, 5.41) is 3.56. The molecule has 1 saturated heterocycles. The Morgan fingerprint density at radius 3 is 2.82 bits per heavy atom. The largest absolute Gasteiger partial charge is 0.327 e. The molecule has 0 spiro atoms. The molecular weight excluding hydrogens is 372 g/mol. The van der Waals surface area contributed by atoms with Gasteiger partial charge in [-0.3, -0.25) is 9.69 Å². The number of piperidine rings is 1. The van der Waals surface area contributed by atoms with Crippen LogP contribution in [0.25, 0.3) is 11.0 Å². The highest BCUT2D eigenvalue weighted by Crippen LogP contribution is 2.25. The number of hydrogen-bond donors (Lipinski definition) is 1. The third kappa shape index (κ3) is 3.91. The van der Waals surface area contributed by atoms with Crippen molar-refractivity contribution in [3.8, 4) is 0 Å². The fourth-order valence-corrected chi connectivity index (χ4v) is 4.19. The lowest BCUT2D eigenvalue weighted by Crippen LogP contribution is -2.40. The van der Waals surface area contributed by atoms with E-state index in [2.05, 4.69) is 39.9 Å². The molecule has 3 aromatic rings. The number of imidazole rings is 1. The Balaban J connectivity index is 1.46. The van der Waals surface area contributed by atoms with Gasteiger partial charge in [0, 0.05) is 13.1 Å². The number of rotatable bonds is 5. The summed E-state index contributed by atoms with van der Waals surface area (Å²) in [6, 6.07) is 15.6. The van der Waals surface area contributed by atoms with E-state index in [9.17, 15) is 4.79 Å². The SMILES string of the molecule is CCn1c(CN2CCC[C@H](C(=O)Nc3ccccc3Cl)C2)nc2ccccc21. The molecule has 0 saturated carbocycles. The third-order valence-corrected chi connectivity index (χ3v) is 5.75. The number of benzene rings is 2. The van der Waals surface area contributed by atoms with Crippen LogP contribution < -0.4 is 5.32 Å². The van der Waals surface area contributed by atoms with Crippen LogP contribution in [0.3, 0.4) is 0 Å². The average Bonchev–Trinajstić information content (AvgIpc) is 3.06. The second-order valence-corrected chi connectivity index (χ2v) is 7.71. The van der Waals surface area contributed by atoms with Crippen molar-refractivity contribution in [3.05, 3.63) is 59.4 Å². The first-order chi connectivity index (χ1) is 13.7. The van der Waals surface area contributed by atoms with Gasteiger partial charge < -0.3 is 9.88 Å². The Morgan fingerprint density at radius 2 is 2.00 bits per heavy atom. The second kappa shape index (κ2) is 8.33. The lowest BCUT2D eigenvalue weighted by Gasteiger charge is -2.31. The summed E-state index contributed by atoms with van der Waals surface area (Å²) in [6.45, 7) is 5.53. The van der Waals surface area contributed by atoms with Crippen molar-refractivity contribution in [3.63, 3.8) is 0 Å². The highest BCUT2D eigenvalue weighted by Gasteiger charge is 2.27. The molecule has 28 heavy (non-hydrogen) atoms. The van der Waals surface area contributed by atoms with Crippen LogP contribution in [0, 0.1) is 5.92 Å². The molecular formula is C22H25ClN4O. The number of likely N-dealkylation sites (tertiary alicyclic amines) is 1. The average molecular weight is 397 g/mol. The predicted octanol–water partition coefficient (Wildman–Crippen LogP) is 4.56. The van der Waals surface area contributed by atoms with Gasteiger partial charge in [0.05, 0.1) is 34.2 Å². The van der Waals surface area contributed by atoms with E-state index in [1.54, 1.807) is 6.07 Å². The van der Waals surface area contributed by atoms with Crippen molar-refractivity contribution in [2.45, 2.75) is 32.9 Å². The summed E-state index contributed by atoms with van der Waals surface area (Å²) in [6.07, 6.45) is 1.91. The quantitative estimate of drug-likeness (QED) is 0.687. The molecule has 1 aromatic heterocycles. The second-order valence-electron chi connectivity index (χ2n) is 7.30. The zero-order valence-electron chi connectivity index (χ0n) is 16.1. The number of halogens is 1. The van der Waals surface area contributed by atoms with E-state index in [-0.39, 0.29) is 11.8 Å². The molecule has 2 heterocycles. The highest BCUT2D eigenvalue weighted by atomic mass is 35.5. The maximum Gasteiger partial charge on any atom is 0.228 e. The van der Waals surface area contributed by atoms with Gasteiger partial charge in [-0.1, -0.05) is 35.9 Å². The Bertz CT molecular complexity index is 984. The minimum Gasteiger partial charge on any atom is -0.327 e. The van der Waals surface area contributed by atoms with Gasteiger partial charge in [0.15, 0.2) is 0 Å². The Hall–Kier alpha value is -2.37. The van der Waals surface area contributed by atoms with E-state index in [0.29, 0.717) is 10.7 Å². The molecule has 1 aliphatic rings.